The summed E-state index contributed by atoms with van der Waals surface area (Å²) >= 11 is 0. The number of carbonyl (C=O) groups excluding carboxylic acids is 1. The molecule has 0 aromatic heterocycles. The van der Waals surface area contributed by atoms with Crippen LogP contribution in [0, 0.1) is 0 Å². The summed E-state index contributed by atoms with van der Waals surface area (Å²) in [5, 5.41) is 64.6. The number of aliphatic hydroxyl groups is 6. The SMILES string of the molecule is CCCCCCC/C=C/C=C/CC/C=C/[C@@H](O)[C@H](CO[C@@H]1O[C@H](CO)[C@@H](O)[C@H](O)[C@H]1O)NC(=O)[C@H](O)CCCCCCCCCCCCCCCCCCCCCC. The van der Waals surface area contributed by atoms with E-state index in [2.05, 4.69) is 37.4 Å². The van der Waals surface area contributed by atoms with Crippen LogP contribution in [0.15, 0.2) is 36.5 Å². The van der Waals surface area contributed by atoms with Crippen LogP contribution in [0.3, 0.4) is 0 Å². The van der Waals surface area contributed by atoms with E-state index in [0.29, 0.717) is 19.3 Å². The topological polar surface area (TPSA) is 169 Å². The average molecular weight is 824 g/mol. The Morgan fingerprint density at radius 2 is 1.05 bits per heavy atom. The Morgan fingerprint density at radius 3 is 1.55 bits per heavy atom. The van der Waals surface area contributed by atoms with Crippen molar-refractivity contribution in [3.8, 4) is 0 Å². The molecule has 10 nitrogen and oxygen atoms in total. The van der Waals surface area contributed by atoms with Crippen LogP contribution in [-0.2, 0) is 14.3 Å². The molecule has 1 saturated heterocycles. The predicted molar refractivity (Wildman–Crippen MR) is 236 cm³/mol. The highest BCUT2D eigenvalue weighted by Gasteiger charge is 2.44. The van der Waals surface area contributed by atoms with Crippen molar-refractivity contribution in [1.82, 2.24) is 5.32 Å². The lowest BCUT2D eigenvalue weighted by Gasteiger charge is -2.40. The highest BCUT2D eigenvalue weighted by molar-refractivity contribution is 5.80. The van der Waals surface area contributed by atoms with Gasteiger partial charge in [0.1, 0.15) is 30.5 Å². The zero-order chi connectivity index (χ0) is 42.5. The number of hydrogen-bond acceptors (Lipinski definition) is 9. The van der Waals surface area contributed by atoms with E-state index in [9.17, 15) is 35.4 Å². The number of allylic oxidation sites excluding steroid dienone is 5. The van der Waals surface area contributed by atoms with E-state index in [0.717, 1.165) is 32.1 Å². The van der Waals surface area contributed by atoms with E-state index in [1.54, 1.807) is 6.08 Å². The third kappa shape index (κ3) is 28.0. The summed E-state index contributed by atoms with van der Waals surface area (Å²) in [6.07, 6.45) is 36.7. The van der Waals surface area contributed by atoms with Crippen molar-refractivity contribution in [2.24, 2.45) is 0 Å². The molecule has 0 unspecified atom stereocenters. The zero-order valence-corrected chi connectivity index (χ0v) is 36.9. The minimum Gasteiger partial charge on any atom is -0.394 e. The van der Waals surface area contributed by atoms with Crippen molar-refractivity contribution in [2.75, 3.05) is 13.2 Å². The molecule has 1 heterocycles. The first-order chi connectivity index (χ1) is 28.3. The molecule has 8 atom stereocenters. The average Bonchev–Trinajstić information content (AvgIpc) is 3.22. The van der Waals surface area contributed by atoms with Gasteiger partial charge in [-0.05, 0) is 32.1 Å². The van der Waals surface area contributed by atoms with Crippen LogP contribution >= 0.6 is 0 Å². The van der Waals surface area contributed by atoms with Gasteiger partial charge in [-0.2, -0.15) is 0 Å². The van der Waals surface area contributed by atoms with E-state index in [1.165, 1.54) is 135 Å². The predicted octanol–water partition coefficient (Wildman–Crippen LogP) is 9.03. The van der Waals surface area contributed by atoms with Crippen molar-refractivity contribution < 1.29 is 44.9 Å². The summed E-state index contributed by atoms with van der Waals surface area (Å²) in [6.45, 7) is 3.56. The van der Waals surface area contributed by atoms with Gasteiger partial charge in [0.05, 0.1) is 25.4 Å². The monoisotopic (exact) mass is 824 g/mol. The molecule has 7 N–H and O–H groups in total. The Hall–Kier alpha value is -1.63. The van der Waals surface area contributed by atoms with Crippen LogP contribution < -0.4 is 5.32 Å². The second-order valence-corrected chi connectivity index (χ2v) is 16.7. The highest BCUT2D eigenvalue weighted by Crippen LogP contribution is 2.23. The van der Waals surface area contributed by atoms with Gasteiger partial charge < -0.3 is 45.4 Å². The summed E-state index contributed by atoms with van der Waals surface area (Å²) in [5.41, 5.74) is 0. The summed E-state index contributed by atoms with van der Waals surface area (Å²) in [6, 6.07) is -1.00. The lowest BCUT2D eigenvalue weighted by Crippen LogP contribution is -2.60. The Morgan fingerprint density at radius 1 is 0.603 bits per heavy atom. The van der Waals surface area contributed by atoms with Crippen LogP contribution in [0.25, 0.3) is 0 Å². The van der Waals surface area contributed by atoms with Crippen molar-refractivity contribution in [3.05, 3.63) is 36.5 Å². The van der Waals surface area contributed by atoms with Gasteiger partial charge in [-0.3, -0.25) is 4.79 Å². The number of aliphatic hydroxyl groups excluding tert-OH is 6. The Balaban J connectivity index is 2.38. The molecule has 1 amide bonds. The molecule has 10 heteroatoms. The Bertz CT molecular complexity index is 1020. The van der Waals surface area contributed by atoms with Gasteiger partial charge in [-0.15, -0.1) is 0 Å². The van der Waals surface area contributed by atoms with Crippen molar-refractivity contribution in [1.29, 1.82) is 0 Å². The van der Waals surface area contributed by atoms with E-state index in [4.69, 9.17) is 9.47 Å². The Labute approximate surface area is 354 Å². The fourth-order valence-corrected chi connectivity index (χ4v) is 7.41. The molecular formula is C48H89NO9. The number of ether oxygens (including phenoxy) is 2. The van der Waals surface area contributed by atoms with Crippen molar-refractivity contribution in [2.45, 2.75) is 249 Å². The molecule has 1 aliphatic rings. The molecule has 0 aliphatic carbocycles. The first-order valence-electron chi connectivity index (χ1n) is 23.8. The summed E-state index contributed by atoms with van der Waals surface area (Å²) in [5.74, 6) is -0.632. The quantitative estimate of drug-likeness (QED) is 0.0182. The van der Waals surface area contributed by atoms with E-state index >= 15 is 0 Å². The smallest absolute Gasteiger partial charge is 0.249 e. The number of amides is 1. The van der Waals surface area contributed by atoms with Crippen LogP contribution in [0.4, 0.5) is 0 Å². The molecule has 0 aromatic rings. The molecule has 58 heavy (non-hydrogen) atoms. The fourth-order valence-electron chi connectivity index (χ4n) is 7.41. The number of hydrogen-bond donors (Lipinski definition) is 7. The van der Waals surface area contributed by atoms with Crippen LogP contribution in [0.1, 0.15) is 200 Å². The minimum atomic E-state index is -1.62. The molecule has 0 radical (unpaired) electrons. The van der Waals surface area contributed by atoms with E-state index < -0.39 is 61.5 Å². The lowest BCUT2D eigenvalue weighted by molar-refractivity contribution is -0.302. The fraction of sp³-hybridized carbons (Fsp3) is 0.854. The molecule has 0 aromatic carbocycles. The maximum atomic E-state index is 13.0. The molecule has 1 rings (SSSR count). The molecule has 0 spiro atoms. The number of rotatable bonds is 39. The second-order valence-electron chi connectivity index (χ2n) is 16.7. The number of unbranched alkanes of at least 4 members (excludes halogenated alkanes) is 25. The van der Waals surface area contributed by atoms with Crippen LogP contribution in [0.2, 0.25) is 0 Å². The van der Waals surface area contributed by atoms with Gasteiger partial charge in [0.25, 0.3) is 0 Å². The maximum absolute atomic E-state index is 13.0. The normalized spacial score (nSPS) is 21.7. The van der Waals surface area contributed by atoms with Gasteiger partial charge in [-0.1, -0.05) is 204 Å². The molecule has 340 valence electrons. The molecule has 0 bridgehead atoms. The van der Waals surface area contributed by atoms with Crippen LogP contribution in [0.5, 0.6) is 0 Å². The Kier molecular flexibility index (Phi) is 35.9. The third-order valence-electron chi connectivity index (χ3n) is 11.4. The molecular weight excluding hydrogens is 735 g/mol. The van der Waals surface area contributed by atoms with E-state index in [1.807, 2.05) is 12.2 Å². The largest absolute Gasteiger partial charge is 0.394 e. The summed E-state index contributed by atoms with van der Waals surface area (Å²) in [4.78, 5) is 13.0. The van der Waals surface area contributed by atoms with E-state index in [-0.39, 0.29) is 6.61 Å². The first-order valence-corrected chi connectivity index (χ1v) is 23.8. The molecule has 1 aliphatic heterocycles. The third-order valence-corrected chi connectivity index (χ3v) is 11.4. The van der Waals surface area contributed by atoms with Gasteiger partial charge in [-0.25, -0.2) is 0 Å². The summed E-state index contributed by atoms with van der Waals surface area (Å²) < 4.78 is 11.1. The standard InChI is InChI=1S/C48H89NO9/c1-3-5-7-9-11-13-15-17-18-19-20-21-22-23-25-27-29-31-33-35-37-42(52)47(56)49-40(39-57-48-46(55)45(54)44(53)43(38-50)58-48)41(51)36-34-32-30-28-26-24-16-14-12-10-8-6-4-2/h16,24,26,28,34,36,40-46,48,50-55H,3-15,17-23,25,27,29-33,35,37-39H2,1-2H3,(H,49,56)/b24-16+,28-26+,36-34+/t40-,41+,42+,43+,44+,45-,46+,48+/m0/s1. The lowest BCUT2D eigenvalue weighted by atomic mass is 9.99. The molecule has 0 saturated carbocycles. The van der Waals surface area contributed by atoms with Crippen molar-refractivity contribution >= 4 is 5.91 Å². The van der Waals surface area contributed by atoms with Gasteiger partial charge in [0.2, 0.25) is 5.91 Å². The van der Waals surface area contributed by atoms with Gasteiger partial charge in [0.15, 0.2) is 6.29 Å². The molecule has 1 fully saturated rings. The van der Waals surface area contributed by atoms with Gasteiger partial charge >= 0.3 is 0 Å². The number of nitrogens with one attached hydrogen (secondary N) is 1. The summed E-state index contributed by atoms with van der Waals surface area (Å²) in [7, 11) is 0. The highest BCUT2D eigenvalue weighted by atomic mass is 16.7. The first kappa shape index (κ1) is 54.4. The maximum Gasteiger partial charge on any atom is 0.249 e. The minimum absolute atomic E-state index is 0.302. The van der Waals surface area contributed by atoms with Gasteiger partial charge in [0, 0.05) is 0 Å². The second kappa shape index (κ2) is 38.3. The number of carbonyl (C=O) groups is 1. The zero-order valence-electron chi connectivity index (χ0n) is 36.9. The van der Waals surface area contributed by atoms with Crippen LogP contribution in [-0.4, -0.2) is 98.7 Å². The van der Waals surface area contributed by atoms with Crippen molar-refractivity contribution in [3.63, 3.8) is 0 Å².